The van der Waals surface area contributed by atoms with E-state index in [1.54, 1.807) is 48.5 Å². The molecule has 0 amide bonds. The van der Waals surface area contributed by atoms with Crippen LogP contribution in [0.4, 0.5) is 11.6 Å². The molecule has 152 valence electrons. The minimum absolute atomic E-state index is 0.0495. The van der Waals surface area contributed by atoms with Gasteiger partial charge in [-0.15, -0.1) is 0 Å². The van der Waals surface area contributed by atoms with Crippen molar-refractivity contribution in [1.82, 2.24) is 4.98 Å². The minimum atomic E-state index is -3.90. The van der Waals surface area contributed by atoms with Gasteiger partial charge >= 0.3 is 0 Å². The molecule has 30 heavy (non-hydrogen) atoms. The van der Waals surface area contributed by atoms with E-state index in [1.807, 2.05) is 38.1 Å². The van der Waals surface area contributed by atoms with Crippen LogP contribution in [0.25, 0.3) is 11.5 Å². The average Bonchev–Trinajstić information content (AvgIpc) is 3.15. The van der Waals surface area contributed by atoms with Gasteiger partial charge in [0.2, 0.25) is 26.6 Å². The van der Waals surface area contributed by atoms with Gasteiger partial charge in [-0.1, -0.05) is 47.0 Å². The lowest BCUT2D eigenvalue weighted by Crippen LogP contribution is -2.05. The zero-order valence-corrected chi connectivity index (χ0v) is 18.0. The van der Waals surface area contributed by atoms with Crippen LogP contribution in [0.2, 0.25) is 5.02 Å². The van der Waals surface area contributed by atoms with Crippen molar-refractivity contribution < 1.29 is 12.8 Å². The summed E-state index contributed by atoms with van der Waals surface area (Å²) >= 11 is 5.95. The molecule has 4 rings (SSSR count). The van der Waals surface area contributed by atoms with E-state index < -0.39 is 9.84 Å². The molecule has 3 aromatic carbocycles. The second-order valence-corrected chi connectivity index (χ2v) is 9.27. The highest BCUT2D eigenvalue weighted by Gasteiger charge is 2.28. The van der Waals surface area contributed by atoms with Gasteiger partial charge < -0.3 is 9.73 Å². The van der Waals surface area contributed by atoms with E-state index in [-0.39, 0.29) is 21.7 Å². The summed E-state index contributed by atoms with van der Waals surface area (Å²) in [5.74, 6) is 0.269. The van der Waals surface area contributed by atoms with Gasteiger partial charge in [-0.25, -0.2) is 8.42 Å². The first kappa shape index (κ1) is 20.2. The molecule has 0 aliphatic carbocycles. The summed E-state index contributed by atoms with van der Waals surface area (Å²) in [4.78, 5) is 4.50. The molecule has 0 aliphatic heterocycles. The van der Waals surface area contributed by atoms with Crippen molar-refractivity contribution >= 4 is 33.0 Å². The molecule has 1 aromatic heterocycles. The van der Waals surface area contributed by atoms with Crippen molar-refractivity contribution in [3.8, 4) is 11.5 Å². The van der Waals surface area contributed by atoms with Crippen molar-refractivity contribution in [3.05, 3.63) is 88.9 Å². The number of sulfone groups is 1. The van der Waals surface area contributed by atoms with Gasteiger partial charge in [0.15, 0.2) is 0 Å². The molecular weight excluding hydrogens is 420 g/mol. The summed E-state index contributed by atoms with van der Waals surface area (Å²) in [7, 11) is -3.90. The molecule has 0 bridgehead atoms. The summed E-state index contributed by atoms with van der Waals surface area (Å²) in [6, 6.07) is 21.0. The fourth-order valence-corrected chi connectivity index (χ4v) is 4.26. The standard InChI is InChI=1S/C23H19ClN2O3S/c1-15-3-7-17(8-4-15)21-26-23(30(27,28)20-13-5-16(2)6-14-20)22(29-21)25-19-11-9-18(24)10-12-19/h3-14,25H,1-2H3. The normalized spacial score (nSPS) is 11.4. The maximum absolute atomic E-state index is 13.3. The van der Waals surface area contributed by atoms with Crippen LogP contribution in [0.15, 0.2) is 87.1 Å². The maximum Gasteiger partial charge on any atom is 0.238 e. The van der Waals surface area contributed by atoms with Gasteiger partial charge in [0.25, 0.3) is 0 Å². The molecular formula is C23H19ClN2O3S. The monoisotopic (exact) mass is 438 g/mol. The van der Waals surface area contributed by atoms with Gasteiger partial charge in [0.05, 0.1) is 4.90 Å². The highest BCUT2D eigenvalue weighted by molar-refractivity contribution is 7.91. The molecule has 0 fully saturated rings. The van der Waals surface area contributed by atoms with Crippen LogP contribution in [-0.2, 0) is 9.84 Å². The lowest BCUT2D eigenvalue weighted by molar-refractivity contribution is 0.582. The second kappa shape index (κ2) is 7.97. The zero-order valence-electron chi connectivity index (χ0n) is 16.4. The fourth-order valence-electron chi connectivity index (χ4n) is 2.88. The van der Waals surface area contributed by atoms with E-state index in [0.29, 0.717) is 16.3 Å². The molecule has 7 heteroatoms. The SMILES string of the molecule is Cc1ccc(-c2nc(S(=O)(=O)c3ccc(C)cc3)c(Nc3ccc(Cl)cc3)o2)cc1. The van der Waals surface area contributed by atoms with Crippen molar-refractivity contribution in [2.75, 3.05) is 5.32 Å². The van der Waals surface area contributed by atoms with Gasteiger partial charge in [-0.2, -0.15) is 4.98 Å². The smallest absolute Gasteiger partial charge is 0.238 e. The number of aromatic nitrogens is 1. The van der Waals surface area contributed by atoms with Gasteiger partial charge in [0, 0.05) is 16.3 Å². The third-order valence-corrected chi connectivity index (χ3v) is 6.51. The van der Waals surface area contributed by atoms with Crippen molar-refractivity contribution in [3.63, 3.8) is 0 Å². The molecule has 0 atom stereocenters. The number of benzene rings is 3. The van der Waals surface area contributed by atoms with Crippen LogP contribution in [0.5, 0.6) is 0 Å². The molecule has 0 saturated heterocycles. The summed E-state index contributed by atoms with van der Waals surface area (Å²) < 4.78 is 32.5. The molecule has 0 aliphatic rings. The number of anilines is 2. The number of nitrogens with zero attached hydrogens (tertiary/aromatic N) is 1. The van der Waals surface area contributed by atoms with Gasteiger partial charge in [-0.3, -0.25) is 0 Å². The number of nitrogens with one attached hydrogen (secondary N) is 1. The Labute approximate surface area is 180 Å². The average molecular weight is 439 g/mol. The van der Waals surface area contributed by atoms with Crippen LogP contribution in [0, 0.1) is 13.8 Å². The first-order valence-electron chi connectivity index (χ1n) is 9.25. The van der Waals surface area contributed by atoms with Gasteiger partial charge in [0.1, 0.15) is 0 Å². The first-order valence-corrected chi connectivity index (χ1v) is 11.1. The van der Waals surface area contributed by atoms with Crippen molar-refractivity contribution in [1.29, 1.82) is 0 Å². The maximum atomic E-state index is 13.3. The molecule has 0 unspecified atom stereocenters. The Balaban J connectivity index is 1.83. The van der Waals surface area contributed by atoms with Crippen molar-refractivity contribution in [2.24, 2.45) is 0 Å². The number of hydrogen-bond acceptors (Lipinski definition) is 5. The van der Waals surface area contributed by atoms with E-state index in [2.05, 4.69) is 10.3 Å². The molecule has 0 spiro atoms. The van der Waals surface area contributed by atoms with E-state index in [4.69, 9.17) is 16.0 Å². The number of halogens is 1. The Bertz CT molecular complexity index is 1280. The van der Waals surface area contributed by atoms with Crippen LogP contribution in [0.1, 0.15) is 11.1 Å². The Morgan fingerprint density at radius 1 is 0.833 bits per heavy atom. The summed E-state index contributed by atoms with van der Waals surface area (Å²) in [5, 5.41) is 3.43. The Morgan fingerprint density at radius 2 is 1.40 bits per heavy atom. The second-order valence-electron chi connectivity index (χ2n) is 6.97. The van der Waals surface area contributed by atoms with Crippen LogP contribution >= 0.6 is 11.6 Å². The number of aryl methyl sites for hydroxylation is 2. The highest BCUT2D eigenvalue weighted by atomic mass is 35.5. The minimum Gasteiger partial charge on any atom is -0.419 e. The summed E-state index contributed by atoms with van der Waals surface area (Å²) in [6.45, 7) is 3.87. The van der Waals surface area contributed by atoms with Gasteiger partial charge in [-0.05, 0) is 62.4 Å². The molecule has 5 nitrogen and oxygen atoms in total. The molecule has 0 saturated carbocycles. The highest BCUT2D eigenvalue weighted by Crippen LogP contribution is 2.34. The first-order chi connectivity index (χ1) is 14.3. The molecule has 1 N–H and O–H groups in total. The van der Waals surface area contributed by atoms with E-state index in [1.165, 1.54) is 0 Å². The van der Waals surface area contributed by atoms with E-state index in [9.17, 15) is 8.42 Å². The predicted octanol–water partition coefficient (Wildman–Crippen LogP) is 6.19. The topological polar surface area (TPSA) is 72.2 Å². The Kier molecular flexibility index (Phi) is 5.37. The third kappa shape index (κ3) is 4.10. The molecule has 0 radical (unpaired) electrons. The lowest BCUT2D eigenvalue weighted by Gasteiger charge is -2.06. The van der Waals surface area contributed by atoms with E-state index >= 15 is 0 Å². The Morgan fingerprint density at radius 3 is 2.00 bits per heavy atom. The zero-order chi connectivity index (χ0) is 21.3. The van der Waals surface area contributed by atoms with Crippen LogP contribution < -0.4 is 5.32 Å². The van der Waals surface area contributed by atoms with E-state index in [0.717, 1.165) is 11.1 Å². The summed E-state index contributed by atoms with van der Waals surface area (Å²) in [6.07, 6.45) is 0. The fraction of sp³-hybridized carbons (Fsp3) is 0.0870. The quantitative estimate of drug-likeness (QED) is 0.402. The number of rotatable bonds is 5. The molecule has 1 heterocycles. The number of hydrogen-bond donors (Lipinski definition) is 1. The lowest BCUT2D eigenvalue weighted by atomic mass is 10.1. The van der Waals surface area contributed by atoms with Crippen LogP contribution in [-0.4, -0.2) is 13.4 Å². The third-order valence-electron chi connectivity index (χ3n) is 4.58. The number of oxazole rings is 1. The largest absolute Gasteiger partial charge is 0.419 e. The molecule has 4 aromatic rings. The van der Waals surface area contributed by atoms with Crippen molar-refractivity contribution in [2.45, 2.75) is 23.8 Å². The Hall–Kier alpha value is -3.09. The summed E-state index contributed by atoms with van der Waals surface area (Å²) in [5.41, 5.74) is 3.36. The predicted molar refractivity (Wildman–Crippen MR) is 118 cm³/mol. The van der Waals surface area contributed by atoms with Crippen LogP contribution in [0.3, 0.4) is 0 Å².